The van der Waals surface area contributed by atoms with Crippen molar-refractivity contribution in [3.05, 3.63) is 35.4 Å². The van der Waals surface area contributed by atoms with E-state index in [1.165, 1.54) is 16.7 Å². The monoisotopic (exact) mass is 320 g/mol. The minimum Gasteiger partial charge on any atom is -0.480 e. The third-order valence-corrected chi connectivity index (χ3v) is 3.83. The summed E-state index contributed by atoms with van der Waals surface area (Å²) in [6.07, 6.45) is 0. The molecule has 1 amide bonds. The molecule has 0 aliphatic carbocycles. The molecule has 1 aromatic rings. The molecule has 0 unspecified atom stereocenters. The van der Waals surface area contributed by atoms with Gasteiger partial charge in [0.05, 0.1) is 17.4 Å². The fraction of sp³-hybridized carbons (Fsp3) is 0.438. The van der Waals surface area contributed by atoms with Crippen molar-refractivity contribution < 1.29 is 14.7 Å². The molecule has 22 heavy (non-hydrogen) atoms. The van der Waals surface area contributed by atoms with E-state index in [-0.39, 0.29) is 24.1 Å². The van der Waals surface area contributed by atoms with Gasteiger partial charge in [0, 0.05) is 12.3 Å². The van der Waals surface area contributed by atoms with E-state index in [0.29, 0.717) is 17.9 Å². The Hall–Kier alpha value is -2.00. The third kappa shape index (κ3) is 6.64. The summed E-state index contributed by atoms with van der Waals surface area (Å²) in [4.78, 5) is 24.3. The summed E-state index contributed by atoms with van der Waals surface area (Å²) in [7, 11) is 0. The van der Waals surface area contributed by atoms with Crippen LogP contribution in [0.4, 0.5) is 0 Å². The largest absolute Gasteiger partial charge is 0.480 e. The quantitative estimate of drug-likeness (QED) is 0.795. The molecular formula is C16H20N2O3S. The summed E-state index contributed by atoms with van der Waals surface area (Å²) in [5.74, 6) is -0.0206. The predicted molar refractivity (Wildman–Crippen MR) is 86.4 cm³/mol. The van der Waals surface area contributed by atoms with Crippen molar-refractivity contribution in [1.82, 2.24) is 4.90 Å². The zero-order valence-electron chi connectivity index (χ0n) is 12.8. The zero-order valence-corrected chi connectivity index (χ0v) is 13.6. The fourth-order valence-corrected chi connectivity index (χ4v) is 2.77. The molecule has 118 valence electrons. The minimum atomic E-state index is -0.994. The molecule has 1 rings (SSSR count). The number of nitrogens with zero attached hydrogens (tertiary/aromatic N) is 2. The molecule has 0 atom stereocenters. The molecule has 0 spiro atoms. The topological polar surface area (TPSA) is 81.4 Å². The van der Waals surface area contributed by atoms with Crippen LogP contribution in [0.15, 0.2) is 24.3 Å². The van der Waals surface area contributed by atoms with Crippen LogP contribution in [0.1, 0.15) is 25.0 Å². The maximum atomic E-state index is 12.1. The van der Waals surface area contributed by atoms with E-state index in [1.807, 2.05) is 26.0 Å². The van der Waals surface area contributed by atoms with E-state index < -0.39 is 5.97 Å². The van der Waals surface area contributed by atoms with Crippen molar-refractivity contribution in [3.63, 3.8) is 0 Å². The van der Waals surface area contributed by atoms with Gasteiger partial charge >= 0.3 is 5.97 Å². The number of carbonyl (C=O) groups excluding carboxylic acids is 1. The average Bonchev–Trinajstić information content (AvgIpc) is 2.46. The number of thioether (sulfide) groups is 1. The molecule has 0 fully saturated rings. The Morgan fingerprint density at radius 3 is 2.45 bits per heavy atom. The summed E-state index contributed by atoms with van der Waals surface area (Å²) in [5, 5.41) is 17.6. The first kappa shape index (κ1) is 18.1. The van der Waals surface area contributed by atoms with Crippen LogP contribution in [0.5, 0.6) is 0 Å². The molecule has 0 aliphatic heterocycles. The summed E-state index contributed by atoms with van der Waals surface area (Å²) in [6, 6.07) is 9.26. The van der Waals surface area contributed by atoms with Gasteiger partial charge in [0.15, 0.2) is 0 Å². The fourth-order valence-electron chi connectivity index (χ4n) is 1.88. The van der Waals surface area contributed by atoms with Crippen molar-refractivity contribution in [2.45, 2.75) is 19.6 Å². The predicted octanol–water partition coefficient (Wildman–Crippen LogP) is 2.36. The number of hydrogen-bond acceptors (Lipinski definition) is 4. The Morgan fingerprint density at radius 2 is 1.95 bits per heavy atom. The van der Waals surface area contributed by atoms with Crippen LogP contribution in [0.25, 0.3) is 0 Å². The van der Waals surface area contributed by atoms with Crippen molar-refractivity contribution in [3.8, 4) is 6.07 Å². The Balaban J connectivity index is 2.48. The van der Waals surface area contributed by atoms with E-state index in [9.17, 15) is 9.59 Å². The van der Waals surface area contributed by atoms with Gasteiger partial charge in [-0.05, 0) is 23.6 Å². The van der Waals surface area contributed by atoms with Crippen LogP contribution >= 0.6 is 11.8 Å². The standard InChI is InChI=1S/C16H20N2O3S/c1-12(2)8-18(9-16(20)21)15(19)11-22-10-14-5-3-13(7-17)4-6-14/h3-6,12H,8-11H2,1-2H3,(H,20,21). The van der Waals surface area contributed by atoms with Gasteiger partial charge in [0.2, 0.25) is 5.91 Å². The lowest BCUT2D eigenvalue weighted by molar-refractivity contribution is -0.143. The smallest absolute Gasteiger partial charge is 0.323 e. The van der Waals surface area contributed by atoms with Crippen molar-refractivity contribution >= 4 is 23.6 Å². The van der Waals surface area contributed by atoms with Crippen LogP contribution in [0.2, 0.25) is 0 Å². The number of rotatable bonds is 8. The Kier molecular flexibility index (Phi) is 7.47. The highest BCUT2D eigenvalue weighted by molar-refractivity contribution is 7.99. The molecule has 0 aromatic heterocycles. The number of benzene rings is 1. The lowest BCUT2D eigenvalue weighted by Gasteiger charge is -2.22. The Labute approximate surface area is 134 Å². The maximum Gasteiger partial charge on any atom is 0.323 e. The molecular weight excluding hydrogens is 300 g/mol. The van der Waals surface area contributed by atoms with Gasteiger partial charge in [-0.25, -0.2) is 0 Å². The minimum absolute atomic E-state index is 0.158. The van der Waals surface area contributed by atoms with Gasteiger partial charge in [-0.15, -0.1) is 11.8 Å². The molecule has 6 heteroatoms. The van der Waals surface area contributed by atoms with E-state index in [2.05, 4.69) is 6.07 Å². The summed E-state index contributed by atoms with van der Waals surface area (Å²) >= 11 is 1.44. The normalized spacial score (nSPS) is 10.3. The van der Waals surface area contributed by atoms with Crippen LogP contribution in [-0.2, 0) is 15.3 Å². The first-order valence-electron chi connectivity index (χ1n) is 6.98. The number of amides is 1. The van der Waals surface area contributed by atoms with E-state index in [0.717, 1.165) is 5.56 Å². The van der Waals surface area contributed by atoms with Gasteiger partial charge in [-0.1, -0.05) is 26.0 Å². The number of nitriles is 1. The lowest BCUT2D eigenvalue weighted by atomic mass is 10.2. The highest BCUT2D eigenvalue weighted by Crippen LogP contribution is 2.14. The van der Waals surface area contributed by atoms with Gasteiger partial charge in [0.25, 0.3) is 0 Å². The number of hydrogen-bond donors (Lipinski definition) is 1. The van der Waals surface area contributed by atoms with Crippen molar-refractivity contribution in [2.75, 3.05) is 18.8 Å². The van der Waals surface area contributed by atoms with E-state index in [1.54, 1.807) is 12.1 Å². The molecule has 0 aliphatic rings. The van der Waals surface area contributed by atoms with Crippen LogP contribution in [-0.4, -0.2) is 40.7 Å². The zero-order chi connectivity index (χ0) is 16.5. The van der Waals surface area contributed by atoms with Gasteiger partial charge in [-0.2, -0.15) is 5.26 Å². The van der Waals surface area contributed by atoms with Gasteiger partial charge in [-0.3, -0.25) is 9.59 Å². The second-order valence-electron chi connectivity index (χ2n) is 5.36. The van der Waals surface area contributed by atoms with E-state index >= 15 is 0 Å². The molecule has 5 nitrogen and oxygen atoms in total. The number of carbonyl (C=O) groups is 2. The Morgan fingerprint density at radius 1 is 1.32 bits per heavy atom. The molecule has 0 heterocycles. The van der Waals surface area contributed by atoms with Crippen LogP contribution in [0.3, 0.4) is 0 Å². The third-order valence-electron chi connectivity index (χ3n) is 2.84. The molecule has 0 saturated carbocycles. The van der Waals surface area contributed by atoms with Crippen LogP contribution < -0.4 is 0 Å². The maximum absolute atomic E-state index is 12.1. The van der Waals surface area contributed by atoms with Crippen LogP contribution in [0, 0.1) is 17.2 Å². The molecule has 1 N–H and O–H groups in total. The van der Waals surface area contributed by atoms with Gasteiger partial charge in [0.1, 0.15) is 6.54 Å². The first-order chi connectivity index (χ1) is 10.4. The Bertz CT molecular complexity index is 550. The highest BCUT2D eigenvalue weighted by atomic mass is 32.2. The summed E-state index contributed by atoms with van der Waals surface area (Å²) in [6.45, 7) is 4.09. The van der Waals surface area contributed by atoms with Gasteiger partial charge < -0.3 is 10.0 Å². The van der Waals surface area contributed by atoms with Crippen molar-refractivity contribution in [2.24, 2.45) is 5.92 Å². The highest BCUT2D eigenvalue weighted by Gasteiger charge is 2.17. The lowest BCUT2D eigenvalue weighted by Crippen LogP contribution is -2.39. The average molecular weight is 320 g/mol. The number of carboxylic acid groups (broad SMARTS) is 1. The number of carboxylic acids is 1. The summed E-state index contributed by atoms with van der Waals surface area (Å²) < 4.78 is 0. The molecule has 1 aromatic carbocycles. The summed E-state index contributed by atoms with van der Waals surface area (Å²) in [5.41, 5.74) is 1.64. The first-order valence-corrected chi connectivity index (χ1v) is 8.14. The second-order valence-corrected chi connectivity index (χ2v) is 6.35. The van der Waals surface area contributed by atoms with Crippen molar-refractivity contribution in [1.29, 1.82) is 5.26 Å². The number of aliphatic carboxylic acids is 1. The molecule has 0 saturated heterocycles. The molecule has 0 bridgehead atoms. The SMILES string of the molecule is CC(C)CN(CC(=O)O)C(=O)CSCc1ccc(C#N)cc1. The van der Waals surface area contributed by atoms with E-state index in [4.69, 9.17) is 10.4 Å². The molecule has 0 radical (unpaired) electrons. The second kappa shape index (κ2) is 9.11.